The zero-order valence-corrected chi connectivity index (χ0v) is 14.0. The third kappa shape index (κ3) is 2.87. The molecule has 6 heteroatoms. The van der Waals surface area contributed by atoms with Gasteiger partial charge in [-0.1, -0.05) is 42.5 Å². The van der Waals surface area contributed by atoms with E-state index in [1.54, 1.807) is 24.3 Å². The molecule has 1 aliphatic carbocycles. The normalized spacial score (nSPS) is 11.5. The molecule has 0 atom stereocenters. The van der Waals surface area contributed by atoms with Gasteiger partial charge in [0.15, 0.2) is 5.78 Å². The molecule has 0 aliphatic heterocycles. The predicted octanol–water partition coefficient (Wildman–Crippen LogP) is 3.11. The summed E-state index contributed by atoms with van der Waals surface area (Å²) < 4.78 is 13.6. The molecule has 2 N–H and O–H groups in total. The van der Waals surface area contributed by atoms with Crippen LogP contribution in [0, 0.1) is 5.82 Å². The molecule has 5 nitrogen and oxygen atoms in total. The number of carbonyl (C=O) groups is 3. The number of ketones is 1. The van der Waals surface area contributed by atoms with E-state index in [9.17, 15) is 18.8 Å². The monoisotopic (exact) mass is 360 g/mol. The molecule has 3 aromatic carbocycles. The lowest BCUT2D eigenvalue weighted by molar-refractivity contribution is 0.0844. The predicted molar refractivity (Wildman–Crippen MR) is 96.6 cm³/mol. The van der Waals surface area contributed by atoms with Gasteiger partial charge in [0.05, 0.1) is 5.56 Å². The van der Waals surface area contributed by atoms with Crippen LogP contribution in [0.3, 0.4) is 0 Å². The zero-order valence-electron chi connectivity index (χ0n) is 14.0. The Morgan fingerprint density at radius 3 is 2.11 bits per heavy atom. The highest BCUT2D eigenvalue weighted by Crippen LogP contribution is 2.36. The van der Waals surface area contributed by atoms with Gasteiger partial charge < -0.3 is 0 Å². The minimum atomic E-state index is -0.772. The average Bonchev–Trinajstić information content (AvgIpc) is 2.98. The van der Waals surface area contributed by atoms with Gasteiger partial charge in [0.2, 0.25) is 0 Å². The number of amides is 2. The summed E-state index contributed by atoms with van der Waals surface area (Å²) in [6.45, 7) is 0. The lowest BCUT2D eigenvalue weighted by Gasteiger charge is -2.09. The minimum absolute atomic E-state index is 0.148. The molecule has 0 bridgehead atoms. The first kappa shape index (κ1) is 16.7. The molecule has 0 aromatic heterocycles. The van der Waals surface area contributed by atoms with E-state index in [1.165, 1.54) is 24.3 Å². The number of nitrogens with one attached hydrogen (secondary N) is 2. The van der Waals surface area contributed by atoms with Gasteiger partial charge in [-0.05, 0) is 35.4 Å². The third-order valence-corrected chi connectivity index (χ3v) is 4.40. The maximum atomic E-state index is 13.6. The number of fused-ring (bicyclic) bond motifs is 3. The van der Waals surface area contributed by atoms with Crippen molar-refractivity contribution in [2.24, 2.45) is 0 Å². The molecule has 27 heavy (non-hydrogen) atoms. The highest BCUT2D eigenvalue weighted by molar-refractivity contribution is 6.22. The van der Waals surface area contributed by atoms with E-state index in [0.29, 0.717) is 11.1 Å². The summed E-state index contributed by atoms with van der Waals surface area (Å²) in [6.07, 6.45) is 0. The Morgan fingerprint density at radius 1 is 0.704 bits per heavy atom. The van der Waals surface area contributed by atoms with Gasteiger partial charge >= 0.3 is 0 Å². The van der Waals surface area contributed by atoms with Crippen molar-refractivity contribution in [1.29, 1.82) is 0 Å². The van der Waals surface area contributed by atoms with Gasteiger partial charge in [-0.15, -0.1) is 0 Å². The molecule has 3 aromatic rings. The number of benzene rings is 3. The lowest BCUT2D eigenvalue weighted by Crippen LogP contribution is -2.42. The van der Waals surface area contributed by atoms with E-state index in [-0.39, 0.29) is 16.9 Å². The van der Waals surface area contributed by atoms with E-state index in [0.717, 1.165) is 17.2 Å². The summed E-state index contributed by atoms with van der Waals surface area (Å²) in [5, 5.41) is 0. The van der Waals surface area contributed by atoms with Crippen molar-refractivity contribution in [2.45, 2.75) is 0 Å². The molecule has 0 spiro atoms. The smallest absolute Gasteiger partial charge is 0.272 e. The fourth-order valence-corrected chi connectivity index (χ4v) is 3.07. The van der Waals surface area contributed by atoms with Gasteiger partial charge in [-0.2, -0.15) is 0 Å². The summed E-state index contributed by atoms with van der Waals surface area (Å²) in [5.41, 5.74) is 7.06. The van der Waals surface area contributed by atoms with Crippen LogP contribution in [0.4, 0.5) is 4.39 Å². The second kappa shape index (κ2) is 6.49. The van der Waals surface area contributed by atoms with Crippen molar-refractivity contribution in [3.05, 3.63) is 94.8 Å². The Labute approximate surface area is 153 Å². The van der Waals surface area contributed by atoms with Crippen molar-refractivity contribution in [3.63, 3.8) is 0 Å². The number of rotatable bonds is 2. The van der Waals surface area contributed by atoms with E-state index in [2.05, 4.69) is 10.9 Å². The summed E-state index contributed by atoms with van der Waals surface area (Å²) in [6, 6.07) is 17.4. The summed E-state index contributed by atoms with van der Waals surface area (Å²) in [4.78, 5) is 36.8. The van der Waals surface area contributed by atoms with E-state index < -0.39 is 17.6 Å². The molecule has 0 radical (unpaired) electrons. The first-order valence-electron chi connectivity index (χ1n) is 8.19. The van der Waals surface area contributed by atoms with Crippen LogP contribution < -0.4 is 10.9 Å². The lowest BCUT2D eigenvalue weighted by atomic mass is 10.0. The second-order valence-electron chi connectivity index (χ2n) is 6.02. The van der Waals surface area contributed by atoms with Gasteiger partial charge in [0, 0.05) is 16.7 Å². The molecule has 0 saturated carbocycles. The molecule has 0 unspecified atom stereocenters. The summed E-state index contributed by atoms with van der Waals surface area (Å²) in [5.74, 6) is -2.21. The Bertz CT molecular complexity index is 1110. The maximum absolute atomic E-state index is 13.6. The van der Waals surface area contributed by atoms with Crippen LogP contribution in [0.5, 0.6) is 0 Å². The molecule has 0 heterocycles. The van der Waals surface area contributed by atoms with Crippen LogP contribution in [-0.2, 0) is 0 Å². The molecule has 132 valence electrons. The van der Waals surface area contributed by atoms with Crippen LogP contribution in [0.25, 0.3) is 11.1 Å². The average molecular weight is 360 g/mol. The van der Waals surface area contributed by atoms with Crippen LogP contribution in [0.2, 0.25) is 0 Å². The molecular weight excluding hydrogens is 347 g/mol. The first-order valence-corrected chi connectivity index (χ1v) is 8.19. The van der Waals surface area contributed by atoms with Crippen molar-refractivity contribution in [3.8, 4) is 11.1 Å². The van der Waals surface area contributed by atoms with Crippen LogP contribution in [0.15, 0.2) is 66.7 Å². The number of hydrogen-bond acceptors (Lipinski definition) is 3. The topological polar surface area (TPSA) is 75.3 Å². The van der Waals surface area contributed by atoms with E-state index in [4.69, 9.17) is 0 Å². The number of carbonyl (C=O) groups excluding carboxylic acids is 3. The largest absolute Gasteiger partial charge is 0.289 e. The molecule has 4 rings (SSSR count). The highest BCUT2D eigenvalue weighted by Gasteiger charge is 2.27. The molecule has 0 saturated heterocycles. The van der Waals surface area contributed by atoms with E-state index in [1.807, 2.05) is 12.1 Å². The molecule has 2 amide bonds. The zero-order chi connectivity index (χ0) is 19.0. The Morgan fingerprint density at radius 2 is 1.33 bits per heavy atom. The Balaban J connectivity index is 1.52. The number of halogens is 1. The van der Waals surface area contributed by atoms with Crippen LogP contribution in [0.1, 0.15) is 36.6 Å². The Hall–Kier alpha value is -3.80. The first-order chi connectivity index (χ1) is 13.1. The fourth-order valence-electron chi connectivity index (χ4n) is 3.07. The number of hydrazine groups is 1. The summed E-state index contributed by atoms with van der Waals surface area (Å²) >= 11 is 0. The van der Waals surface area contributed by atoms with Gasteiger partial charge in [-0.25, -0.2) is 4.39 Å². The van der Waals surface area contributed by atoms with Gasteiger partial charge in [0.1, 0.15) is 5.82 Å². The molecule has 0 fully saturated rings. The SMILES string of the molecule is O=C(NNC(=O)c1ccccc1F)c1ccc2c(c1)C(=O)c1ccccc1-2. The maximum Gasteiger partial charge on any atom is 0.272 e. The minimum Gasteiger partial charge on any atom is -0.289 e. The quantitative estimate of drug-likeness (QED) is 0.540. The van der Waals surface area contributed by atoms with Crippen LogP contribution >= 0.6 is 0 Å². The van der Waals surface area contributed by atoms with Crippen molar-refractivity contribution in [2.75, 3.05) is 0 Å². The highest BCUT2D eigenvalue weighted by atomic mass is 19.1. The fraction of sp³-hybridized carbons (Fsp3) is 0. The van der Waals surface area contributed by atoms with Crippen molar-refractivity contribution >= 4 is 17.6 Å². The van der Waals surface area contributed by atoms with E-state index >= 15 is 0 Å². The number of hydrogen-bond donors (Lipinski definition) is 2. The summed E-state index contributed by atoms with van der Waals surface area (Å²) in [7, 11) is 0. The standard InChI is InChI=1S/C21H13FN2O3/c22-18-8-4-3-7-16(18)21(27)24-23-20(26)12-9-10-14-13-5-1-2-6-15(13)19(25)17(14)11-12/h1-11H,(H,23,26)(H,24,27). The van der Waals surface area contributed by atoms with Gasteiger partial charge in [-0.3, -0.25) is 25.2 Å². The van der Waals surface area contributed by atoms with Crippen LogP contribution in [-0.4, -0.2) is 17.6 Å². The van der Waals surface area contributed by atoms with Crippen molar-refractivity contribution in [1.82, 2.24) is 10.9 Å². The van der Waals surface area contributed by atoms with Crippen molar-refractivity contribution < 1.29 is 18.8 Å². The third-order valence-electron chi connectivity index (χ3n) is 4.40. The Kier molecular flexibility index (Phi) is 4.01. The molecular formula is C21H13FN2O3. The molecule has 1 aliphatic rings. The van der Waals surface area contributed by atoms with Gasteiger partial charge in [0.25, 0.3) is 11.8 Å². The second-order valence-corrected chi connectivity index (χ2v) is 6.02.